The first kappa shape index (κ1) is 21.1. The maximum absolute atomic E-state index is 12.7. The second-order valence-corrected chi connectivity index (χ2v) is 7.97. The first-order chi connectivity index (χ1) is 12.8. The molecule has 1 aromatic carbocycles. The number of nitrogens with zero attached hydrogens (tertiary/aromatic N) is 2. The molecule has 6 nitrogen and oxygen atoms in total. The first-order valence-electron chi connectivity index (χ1n) is 9.88. The van der Waals surface area contributed by atoms with E-state index in [1.165, 1.54) is 0 Å². The predicted octanol–water partition coefficient (Wildman–Crippen LogP) is 3.51. The Kier molecular flexibility index (Phi) is 7.51. The SMILES string of the molecule is CCOc1ccc(N2CC(NC(=O)N(CC(C)C)CC(C)C)CC2=O)cc1. The molecule has 1 aromatic rings. The summed E-state index contributed by atoms with van der Waals surface area (Å²) < 4.78 is 5.45. The summed E-state index contributed by atoms with van der Waals surface area (Å²) in [6, 6.07) is 7.26. The molecule has 3 amide bonds. The molecule has 0 aromatic heterocycles. The van der Waals surface area contributed by atoms with E-state index in [0.29, 0.717) is 44.5 Å². The highest BCUT2D eigenvalue weighted by molar-refractivity contribution is 5.96. The molecular formula is C21H33N3O3. The molecule has 0 radical (unpaired) electrons. The number of rotatable bonds is 8. The van der Waals surface area contributed by atoms with Crippen LogP contribution in [0.2, 0.25) is 0 Å². The molecule has 1 heterocycles. The fourth-order valence-corrected chi connectivity index (χ4v) is 3.33. The topological polar surface area (TPSA) is 61.9 Å². The fraction of sp³-hybridized carbons (Fsp3) is 0.619. The Labute approximate surface area is 162 Å². The molecule has 1 atom stereocenters. The number of benzene rings is 1. The van der Waals surface area contributed by atoms with Gasteiger partial charge in [-0.2, -0.15) is 0 Å². The van der Waals surface area contributed by atoms with Gasteiger partial charge in [0.25, 0.3) is 0 Å². The predicted molar refractivity (Wildman–Crippen MR) is 108 cm³/mol. The van der Waals surface area contributed by atoms with Crippen molar-refractivity contribution in [2.45, 2.75) is 47.1 Å². The molecule has 1 unspecified atom stereocenters. The van der Waals surface area contributed by atoms with Crippen LogP contribution in [-0.2, 0) is 4.79 Å². The van der Waals surface area contributed by atoms with Crippen molar-refractivity contribution in [2.75, 3.05) is 31.1 Å². The lowest BCUT2D eigenvalue weighted by Gasteiger charge is -2.28. The zero-order chi connectivity index (χ0) is 20.0. The van der Waals surface area contributed by atoms with E-state index in [9.17, 15) is 9.59 Å². The molecule has 0 bridgehead atoms. The minimum absolute atomic E-state index is 0.0312. The Balaban J connectivity index is 1.98. The number of hydrogen-bond donors (Lipinski definition) is 1. The van der Waals surface area contributed by atoms with Crippen molar-refractivity contribution >= 4 is 17.6 Å². The molecule has 0 saturated carbocycles. The maximum atomic E-state index is 12.7. The summed E-state index contributed by atoms with van der Waals surface area (Å²) in [5.41, 5.74) is 0.835. The molecule has 1 N–H and O–H groups in total. The number of nitrogens with one attached hydrogen (secondary N) is 1. The number of carbonyl (C=O) groups is 2. The van der Waals surface area contributed by atoms with Crippen LogP contribution in [0.1, 0.15) is 41.0 Å². The Morgan fingerprint density at radius 2 is 1.78 bits per heavy atom. The van der Waals surface area contributed by atoms with E-state index >= 15 is 0 Å². The molecule has 6 heteroatoms. The summed E-state index contributed by atoms with van der Waals surface area (Å²) >= 11 is 0. The molecule has 27 heavy (non-hydrogen) atoms. The molecule has 2 rings (SSSR count). The monoisotopic (exact) mass is 375 g/mol. The summed E-state index contributed by atoms with van der Waals surface area (Å²) in [4.78, 5) is 28.7. The van der Waals surface area contributed by atoms with E-state index in [1.54, 1.807) is 4.90 Å². The number of hydrogen-bond acceptors (Lipinski definition) is 3. The average molecular weight is 376 g/mol. The summed E-state index contributed by atoms with van der Waals surface area (Å²) in [6.07, 6.45) is 0.330. The fourth-order valence-electron chi connectivity index (χ4n) is 3.33. The second kappa shape index (κ2) is 9.62. The lowest BCUT2D eigenvalue weighted by atomic mass is 10.1. The van der Waals surface area contributed by atoms with E-state index in [0.717, 1.165) is 11.4 Å². The normalized spacial score (nSPS) is 16.9. The van der Waals surface area contributed by atoms with E-state index in [2.05, 4.69) is 33.0 Å². The van der Waals surface area contributed by atoms with Crippen LogP contribution in [0.25, 0.3) is 0 Å². The van der Waals surface area contributed by atoms with Crippen molar-refractivity contribution in [2.24, 2.45) is 11.8 Å². The molecule has 0 spiro atoms. The molecule has 1 aliphatic rings. The van der Waals surface area contributed by atoms with Crippen LogP contribution in [0.3, 0.4) is 0 Å². The Morgan fingerprint density at radius 1 is 1.19 bits per heavy atom. The first-order valence-corrected chi connectivity index (χ1v) is 9.88. The molecular weight excluding hydrogens is 342 g/mol. The molecule has 1 saturated heterocycles. The third-order valence-electron chi connectivity index (χ3n) is 4.37. The van der Waals surface area contributed by atoms with Crippen molar-refractivity contribution in [3.05, 3.63) is 24.3 Å². The smallest absolute Gasteiger partial charge is 0.317 e. The van der Waals surface area contributed by atoms with Gasteiger partial charge in [0.1, 0.15) is 5.75 Å². The Morgan fingerprint density at radius 3 is 2.30 bits per heavy atom. The maximum Gasteiger partial charge on any atom is 0.317 e. The van der Waals surface area contributed by atoms with Crippen LogP contribution in [0.15, 0.2) is 24.3 Å². The largest absolute Gasteiger partial charge is 0.494 e. The summed E-state index contributed by atoms with van der Waals surface area (Å²) in [5, 5.41) is 3.05. The summed E-state index contributed by atoms with van der Waals surface area (Å²) in [5.74, 6) is 1.62. The molecule has 1 aliphatic heterocycles. The zero-order valence-corrected chi connectivity index (χ0v) is 17.2. The second-order valence-electron chi connectivity index (χ2n) is 7.97. The minimum Gasteiger partial charge on any atom is -0.494 e. The molecule has 0 aliphatic carbocycles. The van der Waals surface area contributed by atoms with Crippen LogP contribution < -0.4 is 15.0 Å². The van der Waals surface area contributed by atoms with Gasteiger partial charge in [-0.15, -0.1) is 0 Å². The Hall–Kier alpha value is -2.24. The van der Waals surface area contributed by atoms with Crippen molar-refractivity contribution in [3.63, 3.8) is 0 Å². The standard InChI is InChI=1S/C21H33N3O3/c1-6-27-19-9-7-18(8-10-19)24-14-17(11-20(24)25)22-21(26)23(12-15(2)3)13-16(4)5/h7-10,15-17H,6,11-14H2,1-5H3,(H,22,26). The van der Waals surface area contributed by atoms with Crippen molar-refractivity contribution in [1.82, 2.24) is 10.2 Å². The molecule has 1 fully saturated rings. The number of anilines is 1. The number of ether oxygens (including phenoxy) is 1. The van der Waals surface area contributed by atoms with Gasteiger partial charge in [0.15, 0.2) is 0 Å². The van der Waals surface area contributed by atoms with E-state index in [1.807, 2.05) is 36.1 Å². The van der Waals surface area contributed by atoms with Gasteiger partial charge in [0, 0.05) is 31.7 Å². The van der Waals surface area contributed by atoms with Gasteiger partial charge in [-0.25, -0.2) is 4.79 Å². The van der Waals surface area contributed by atoms with Gasteiger partial charge in [-0.05, 0) is 43.0 Å². The highest BCUT2D eigenvalue weighted by Crippen LogP contribution is 2.24. The third kappa shape index (κ3) is 6.15. The van der Waals surface area contributed by atoms with Gasteiger partial charge in [0.05, 0.1) is 12.6 Å². The highest BCUT2D eigenvalue weighted by atomic mass is 16.5. The average Bonchev–Trinajstić information content (AvgIpc) is 2.94. The third-order valence-corrected chi connectivity index (χ3v) is 4.37. The van der Waals surface area contributed by atoms with E-state index in [-0.39, 0.29) is 18.0 Å². The summed E-state index contributed by atoms with van der Waals surface area (Å²) in [7, 11) is 0. The van der Waals surface area contributed by atoms with Gasteiger partial charge in [0.2, 0.25) is 5.91 Å². The summed E-state index contributed by atoms with van der Waals surface area (Å²) in [6.45, 7) is 12.9. The Bertz CT molecular complexity index is 618. The van der Waals surface area contributed by atoms with Gasteiger partial charge in [-0.3, -0.25) is 4.79 Å². The lowest BCUT2D eigenvalue weighted by Crippen LogP contribution is -2.48. The van der Waals surface area contributed by atoms with E-state index in [4.69, 9.17) is 4.74 Å². The van der Waals surface area contributed by atoms with Crippen molar-refractivity contribution in [3.8, 4) is 5.75 Å². The van der Waals surface area contributed by atoms with Gasteiger partial charge in [-0.1, -0.05) is 27.7 Å². The van der Waals surface area contributed by atoms with Crippen LogP contribution in [0.5, 0.6) is 5.75 Å². The van der Waals surface area contributed by atoms with Gasteiger partial charge >= 0.3 is 6.03 Å². The highest BCUT2D eigenvalue weighted by Gasteiger charge is 2.32. The minimum atomic E-state index is -0.168. The number of carbonyl (C=O) groups excluding carboxylic acids is 2. The van der Waals surface area contributed by atoms with Crippen molar-refractivity contribution in [1.29, 1.82) is 0 Å². The lowest BCUT2D eigenvalue weighted by molar-refractivity contribution is -0.117. The van der Waals surface area contributed by atoms with Crippen molar-refractivity contribution < 1.29 is 14.3 Å². The van der Waals surface area contributed by atoms with Crippen LogP contribution in [0, 0.1) is 11.8 Å². The molecule has 150 valence electrons. The quantitative estimate of drug-likeness (QED) is 0.756. The van der Waals surface area contributed by atoms with E-state index < -0.39 is 0 Å². The van der Waals surface area contributed by atoms with Crippen LogP contribution in [0.4, 0.5) is 10.5 Å². The number of urea groups is 1. The van der Waals surface area contributed by atoms with Crippen LogP contribution in [-0.4, -0.2) is 49.1 Å². The van der Waals surface area contributed by atoms with Gasteiger partial charge < -0.3 is 19.9 Å². The zero-order valence-electron chi connectivity index (χ0n) is 17.2. The van der Waals surface area contributed by atoms with Crippen LogP contribution >= 0.6 is 0 Å². The number of amides is 3.